The van der Waals surface area contributed by atoms with Crippen molar-refractivity contribution < 1.29 is 19.1 Å². The second kappa shape index (κ2) is 8.14. The molecule has 0 aliphatic carbocycles. The molecule has 140 valence electrons. The minimum Gasteiger partial charge on any atom is -0.385 e. The highest BCUT2D eigenvalue weighted by atomic mass is 16.5. The van der Waals surface area contributed by atoms with E-state index in [0.717, 1.165) is 6.42 Å². The lowest BCUT2D eigenvalue weighted by Crippen LogP contribution is -2.31. The highest BCUT2D eigenvalue weighted by Gasteiger charge is 2.35. The molecule has 0 saturated carbocycles. The summed E-state index contributed by atoms with van der Waals surface area (Å²) in [6.45, 7) is 2.83. The molecule has 0 fully saturated rings. The van der Waals surface area contributed by atoms with Gasteiger partial charge in [-0.1, -0.05) is 19.1 Å². The van der Waals surface area contributed by atoms with Crippen molar-refractivity contribution in [3.63, 3.8) is 0 Å². The predicted molar refractivity (Wildman–Crippen MR) is 102 cm³/mol. The maximum Gasteiger partial charge on any atom is 0.261 e. The number of methoxy groups -OCH3 is 1. The second-order valence-electron chi connectivity index (χ2n) is 6.37. The summed E-state index contributed by atoms with van der Waals surface area (Å²) < 4.78 is 4.97. The van der Waals surface area contributed by atoms with Crippen LogP contribution in [-0.2, 0) is 11.2 Å². The number of amides is 3. The van der Waals surface area contributed by atoms with E-state index >= 15 is 0 Å². The molecule has 6 heteroatoms. The van der Waals surface area contributed by atoms with Gasteiger partial charge in [0.2, 0.25) is 0 Å². The van der Waals surface area contributed by atoms with Crippen molar-refractivity contribution in [3.8, 4) is 0 Å². The van der Waals surface area contributed by atoms with E-state index in [2.05, 4.69) is 12.2 Å². The third kappa shape index (κ3) is 3.90. The summed E-state index contributed by atoms with van der Waals surface area (Å²) in [5.41, 5.74) is 2.81. The first kappa shape index (κ1) is 18.8. The number of anilines is 1. The Kier molecular flexibility index (Phi) is 5.66. The van der Waals surface area contributed by atoms with Crippen LogP contribution in [0.1, 0.15) is 50.0 Å². The van der Waals surface area contributed by atoms with Crippen LogP contribution in [0.3, 0.4) is 0 Å². The molecule has 6 nitrogen and oxygen atoms in total. The Morgan fingerprint density at radius 3 is 2.41 bits per heavy atom. The zero-order chi connectivity index (χ0) is 19.4. The van der Waals surface area contributed by atoms with E-state index in [4.69, 9.17) is 4.74 Å². The van der Waals surface area contributed by atoms with Crippen molar-refractivity contribution in [1.29, 1.82) is 0 Å². The fourth-order valence-corrected chi connectivity index (χ4v) is 3.03. The number of benzene rings is 2. The number of carbonyl (C=O) groups excluding carboxylic acids is 3. The summed E-state index contributed by atoms with van der Waals surface area (Å²) in [6, 6.07) is 12.2. The minimum atomic E-state index is -0.368. The fourth-order valence-electron chi connectivity index (χ4n) is 3.03. The lowest BCUT2D eigenvalue weighted by atomic mass is 10.1. The van der Waals surface area contributed by atoms with Gasteiger partial charge < -0.3 is 10.1 Å². The first-order valence-corrected chi connectivity index (χ1v) is 8.94. The summed E-state index contributed by atoms with van der Waals surface area (Å²) >= 11 is 0. The summed E-state index contributed by atoms with van der Waals surface area (Å²) in [7, 11) is 1.57. The Morgan fingerprint density at radius 2 is 1.74 bits per heavy atom. The maximum atomic E-state index is 12.5. The van der Waals surface area contributed by atoms with Crippen LogP contribution in [0.2, 0.25) is 0 Å². The van der Waals surface area contributed by atoms with Gasteiger partial charge in [-0.15, -0.1) is 0 Å². The zero-order valence-corrected chi connectivity index (χ0v) is 15.5. The summed E-state index contributed by atoms with van der Waals surface area (Å²) in [5, 5.41) is 2.81. The van der Waals surface area contributed by atoms with Gasteiger partial charge in [-0.2, -0.15) is 0 Å². The van der Waals surface area contributed by atoms with E-state index in [1.807, 2.05) is 24.3 Å². The highest BCUT2D eigenvalue weighted by Crippen LogP contribution is 2.24. The topological polar surface area (TPSA) is 75.7 Å². The average molecular weight is 366 g/mol. The minimum absolute atomic E-state index is 0.270. The van der Waals surface area contributed by atoms with Crippen LogP contribution >= 0.6 is 0 Å². The Labute approximate surface area is 158 Å². The van der Waals surface area contributed by atoms with Crippen molar-refractivity contribution in [2.45, 2.75) is 19.8 Å². The normalized spacial score (nSPS) is 13.0. The average Bonchev–Trinajstić information content (AvgIpc) is 2.93. The zero-order valence-electron chi connectivity index (χ0n) is 15.5. The third-order valence-electron chi connectivity index (χ3n) is 4.58. The molecular weight excluding hydrogens is 344 g/mol. The third-order valence-corrected chi connectivity index (χ3v) is 4.58. The van der Waals surface area contributed by atoms with Crippen molar-refractivity contribution >= 4 is 23.4 Å². The lowest BCUT2D eigenvalue weighted by Gasteiger charge is -2.12. The number of ether oxygens (including phenoxy) is 1. The van der Waals surface area contributed by atoms with Crippen molar-refractivity contribution in [1.82, 2.24) is 4.90 Å². The van der Waals surface area contributed by atoms with Gasteiger partial charge in [0.15, 0.2) is 0 Å². The van der Waals surface area contributed by atoms with Gasteiger partial charge in [0.1, 0.15) is 0 Å². The molecule has 2 aromatic carbocycles. The van der Waals surface area contributed by atoms with Crippen LogP contribution in [0.25, 0.3) is 0 Å². The SMILES string of the molecule is CCc1ccc(NC(=O)c2ccc3c(c2)C(=O)N(CCCOC)C3=O)cc1. The molecule has 1 aliphatic rings. The van der Waals surface area contributed by atoms with E-state index in [1.165, 1.54) is 16.5 Å². The summed E-state index contributed by atoms with van der Waals surface area (Å²) in [4.78, 5) is 38.6. The van der Waals surface area contributed by atoms with Crippen LogP contribution in [0.4, 0.5) is 5.69 Å². The monoisotopic (exact) mass is 366 g/mol. The molecule has 1 N–H and O–H groups in total. The van der Waals surface area contributed by atoms with Crippen LogP contribution in [0.5, 0.6) is 0 Å². The van der Waals surface area contributed by atoms with Gasteiger partial charge in [0.25, 0.3) is 17.7 Å². The quantitative estimate of drug-likeness (QED) is 0.603. The van der Waals surface area contributed by atoms with Crippen molar-refractivity contribution in [2.24, 2.45) is 0 Å². The first-order chi connectivity index (χ1) is 13.0. The standard InChI is InChI=1S/C21H22N2O4/c1-3-14-5-8-16(9-6-14)22-19(24)15-7-10-17-18(13-15)21(26)23(20(17)25)11-4-12-27-2/h5-10,13H,3-4,11-12H2,1-2H3,(H,22,24). The van der Waals surface area contributed by atoms with Crippen LogP contribution in [-0.4, -0.2) is 42.9 Å². The van der Waals surface area contributed by atoms with Gasteiger partial charge >= 0.3 is 0 Å². The number of nitrogens with zero attached hydrogens (tertiary/aromatic N) is 1. The Morgan fingerprint density at radius 1 is 1.04 bits per heavy atom. The first-order valence-electron chi connectivity index (χ1n) is 8.94. The predicted octanol–water partition coefficient (Wildman–Crippen LogP) is 3.13. The van der Waals surface area contributed by atoms with Crippen molar-refractivity contribution in [2.75, 3.05) is 25.6 Å². The Bertz CT molecular complexity index is 874. The molecule has 27 heavy (non-hydrogen) atoms. The van der Waals surface area contributed by atoms with Crippen LogP contribution in [0.15, 0.2) is 42.5 Å². The molecule has 0 saturated heterocycles. The molecule has 0 radical (unpaired) electrons. The molecule has 1 heterocycles. The van der Waals surface area contributed by atoms with Gasteiger partial charge in [-0.05, 0) is 48.7 Å². The fraction of sp³-hybridized carbons (Fsp3) is 0.286. The molecular formula is C21H22N2O4. The van der Waals surface area contributed by atoms with E-state index < -0.39 is 0 Å². The molecule has 0 unspecified atom stereocenters. The number of carbonyl (C=O) groups is 3. The number of nitrogens with one attached hydrogen (secondary N) is 1. The maximum absolute atomic E-state index is 12.5. The van der Waals surface area contributed by atoms with Gasteiger partial charge in [0.05, 0.1) is 11.1 Å². The molecule has 0 atom stereocenters. The molecule has 0 aromatic heterocycles. The molecule has 3 amide bonds. The largest absolute Gasteiger partial charge is 0.385 e. The smallest absolute Gasteiger partial charge is 0.261 e. The number of rotatable bonds is 7. The Hall–Kier alpha value is -2.99. The second-order valence-corrected chi connectivity index (χ2v) is 6.37. The van der Waals surface area contributed by atoms with Crippen LogP contribution < -0.4 is 5.32 Å². The molecule has 0 spiro atoms. The van der Waals surface area contributed by atoms with E-state index in [-0.39, 0.29) is 23.3 Å². The molecule has 0 bridgehead atoms. The lowest BCUT2D eigenvalue weighted by molar-refractivity contribution is 0.0638. The summed E-state index contributed by atoms with van der Waals surface area (Å²) in [6.07, 6.45) is 1.50. The van der Waals surface area contributed by atoms with Crippen molar-refractivity contribution in [3.05, 3.63) is 64.7 Å². The number of imide groups is 1. The van der Waals surface area contributed by atoms with E-state index in [0.29, 0.717) is 36.4 Å². The van der Waals surface area contributed by atoms with Gasteiger partial charge in [-0.3, -0.25) is 19.3 Å². The number of hydrogen-bond donors (Lipinski definition) is 1. The van der Waals surface area contributed by atoms with E-state index in [9.17, 15) is 14.4 Å². The number of fused-ring (bicyclic) bond motifs is 1. The molecule has 2 aromatic rings. The van der Waals surface area contributed by atoms with Crippen LogP contribution in [0, 0.1) is 0 Å². The van der Waals surface area contributed by atoms with E-state index in [1.54, 1.807) is 19.2 Å². The number of hydrogen-bond acceptors (Lipinski definition) is 4. The summed E-state index contributed by atoms with van der Waals surface area (Å²) in [5.74, 6) is -1.01. The highest BCUT2D eigenvalue weighted by molar-refractivity contribution is 6.22. The number of aryl methyl sites for hydroxylation is 1. The van der Waals surface area contributed by atoms with Gasteiger partial charge in [0, 0.05) is 31.5 Å². The molecule has 1 aliphatic heterocycles. The molecule has 3 rings (SSSR count). The van der Waals surface area contributed by atoms with Gasteiger partial charge in [-0.25, -0.2) is 0 Å². The Balaban J connectivity index is 1.75.